The SMILES string of the molecule is CCNC1CCN(c2ccccc2S(N)(=O)=O)CC1. The first-order valence-corrected chi connectivity index (χ1v) is 8.17. The quantitative estimate of drug-likeness (QED) is 0.861. The van der Waals surface area contributed by atoms with Gasteiger partial charge < -0.3 is 10.2 Å². The molecular formula is C13H21N3O2S. The lowest BCUT2D eigenvalue weighted by atomic mass is 10.0. The zero-order chi connectivity index (χ0) is 13.9. The van der Waals surface area contributed by atoms with Crippen molar-refractivity contribution in [2.45, 2.75) is 30.7 Å². The molecule has 19 heavy (non-hydrogen) atoms. The lowest BCUT2D eigenvalue weighted by Gasteiger charge is -2.34. The maximum atomic E-state index is 11.6. The molecule has 1 saturated heterocycles. The highest BCUT2D eigenvalue weighted by Gasteiger charge is 2.23. The van der Waals surface area contributed by atoms with Crippen LogP contribution in [0.1, 0.15) is 19.8 Å². The van der Waals surface area contributed by atoms with E-state index in [-0.39, 0.29) is 4.90 Å². The highest BCUT2D eigenvalue weighted by molar-refractivity contribution is 7.89. The van der Waals surface area contributed by atoms with Crippen molar-refractivity contribution >= 4 is 15.7 Å². The number of rotatable bonds is 4. The summed E-state index contributed by atoms with van der Waals surface area (Å²) >= 11 is 0. The third kappa shape index (κ3) is 3.46. The molecule has 1 aliphatic heterocycles. The van der Waals surface area contributed by atoms with E-state index in [2.05, 4.69) is 17.1 Å². The monoisotopic (exact) mass is 283 g/mol. The van der Waals surface area contributed by atoms with E-state index in [0.717, 1.165) is 38.2 Å². The molecule has 0 saturated carbocycles. The molecule has 0 amide bonds. The second-order valence-corrected chi connectivity index (χ2v) is 6.36. The molecule has 5 nitrogen and oxygen atoms in total. The van der Waals surface area contributed by atoms with Crippen LogP contribution in [0.4, 0.5) is 5.69 Å². The van der Waals surface area contributed by atoms with Crippen LogP contribution in [0.5, 0.6) is 0 Å². The molecule has 0 radical (unpaired) electrons. The summed E-state index contributed by atoms with van der Waals surface area (Å²) in [5, 5.41) is 8.70. The van der Waals surface area contributed by atoms with E-state index in [1.54, 1.807) is 12.1 Å². The van der Waals surface area contributed by atoms with Crippen molar-refractivity contribution in [3.05, 3.63) is 24.3 Å². The molecule has 106 valence electrons. The largest absolute Gasteiger partial charge is 0.370 e. The Hall–Kier alpha value is -1.11. The number of nitrogens with one attached hydrogen (secondary N) is 1. The molecular weight excluding hydrogens is 262 g/mol. The molecule has 0 unspecified atom stereocenters. The van der Waals surface area contributed by atoms with Gasteiger partial charge in [-0.05, 0) is 31.5 Å². The van der Waals surface area contributed by atoms with Crippen molar-refractivity contribution in [2.24, 2.45) is 5.14 Å². The summed E-state index contributed by atoms with van der Waals surface area (Å²) in [6.07, 6.45) is 2.04. The molecule has 2 rings (SSSR count). The van der Waals surface area contributed by atoms with Crippen molar-refractivity contribution in [1.82, 2.24) is 5.32 Å². The molecule has 1 aliphatic rings. The van der Waals surface area contributed by atoms with Crippen LogP contribution in [0.15, 0.2) is 29.2 Å². The molecule has 0 bridgehead atoms. The Labute approximate surface area is 114 Å². The van der Waals surface area contributed by atoms with E-state index in [4.69, 9.17) is 5.14 Å². The fourth-order valence-electron chi connectivity index (χ4n) is 2.57. The molecule has 6 heteroatoms. The summed E-state index contributed by atoms with van der Waals surface area (Å²) in [5.41, 5.74) is 0.722. The van der Waals surface area contributed by atoms with Gasteiger partial charge >= 0.3 is 0 Å². The minimum absolute atomic E-state index is 0.219. The van der Waals surface area contributed by atoms with Crippen molar-refractivity contribution in [3.63, 3.8) is 0 Å². The normalized spacial score (nSPS) is 17.7. The number of anilines is 1. The van der Waals surface area contributed by atoms with Crippen LogP contribution in [0.2, 0.25) is 0 Å². The van der Waals surface area contributed by atoms with Crippen molar-refractivity contribution in [3.8, 4) is 0 Å². The van der Waals surface area contributed by atoms with E-state index in [0.29, 0.717) is 6.04 Å². The number of piperidine rings is 1. The first-order chi connectivity index (χ1) is 9.02. The smallest absolute Gasteiger partial charge is 0.240 e. The van der Waals surface area contributed by atoms with Crippen LogP contribution in [0.25, 0.3) is 0 Å². The van der Waals surface area contributed by atoms with Gasteiger partial charge in [-0.15, -0.1) is 0 Å². The molecule has 1 aromatic carbocycles. The number of hydrogen-bond donors (Lipinski definition) is 2. The fraction of sp³-hybridized carbons (Fsp3) is 0.538. The first-order valence-electron chi connectivity index (χ1n) is 6.62. The highest BCUT2D eigenvalue weighted by atomic mass is 32.2. The van der Waals surface area contributed by atoms with Crippen LogP contribution in [0, 0.1) is 0 Å². The van der Waals surface area contributed by atoms with Gasteiger partial charge in [0.25, 0.3) is 0 Å². The van der Waals surface area contributed by atoms with E-state index < -0.39 is 10.0 Å². The number of nitrogens with zero attached hydrogens (tertiary/aromatic N) is 1. The lowest BCUT2D eigenvalue weighted by Crippen LogP contribution is -2.43. The van der Waals surface area contributed by atoms with Crippen LogP contribution in [0.3, 0.4) is 0 Å². The highest BCUT2D eigenvalue weighted by Crippen LogP contribution is 2.26. The van der Waals surface area contributed by atoms with Gasteiger partial charge in [-0.1, -0.05) is 19.1 Å². The zero-order valence-corrected chi connectivity index (χ0v) is 12.0. The van der Waals surface area contributed by atoms with Gasteiger partial charge in [0.15, 0.2) is 0 Å². The number of sulfonamides is 1. The van der Waals surface area contributed by atoms with E-state index in [1.165, 1.54) is 0 Å². The van der Waals surface area contributed by atoms with Gasteiger partial charge in [0.05, 0.1) is 5.69 Å². The minimum atomic E-state index is -3.66. The Bertz CT molecular complexity index is 522. The molecule has 1 heterocycles. The summed E-state index contributed by atoms with van der Waals surface area (Å²) in [7, 11) is -3.66. The predicted octanol–water partition coefficient (Wildman–Crippen LogP) is 0.912. The minimum Gasteiger partial charge on any atom is -0.370 e. The first kappa shape index (κ1) is 14.3. The Balaban J connectivity index is 2.16. The van der Waals surface area contributed by atoms with E-state index >= 15 is 0 Å². The molecule has 0 aliphatic carbocycles. The van der Waals surface area contributed by atoms with Crippen molar-refractivity contribution < 1.29 is 8.42 Å². The number of benzene rings is 1. The standard InChI is InChI=1S/C13H21N3O2S/c1-2-15-11-7-9-16(10-8-11)12-5-3-4-6-13(12)19(14,17)18/h3-6,11,15H,2,7-10H2,1H3,(H2,14,17,18). The molecule has 3 N–H and O–H groups in total. The Morgan fingerprint density at radius 1 is 1.32 bits per heavy atom. The zero-order valence-electron chi connectivity index (χ0n) is 11.2. The molecule has 0 atom stereocenters. The van der Waals surface area contributed by atoms with Gasteiger partial charge in [-0.25, -0.2) is 13.6 Å². The number of primary sulfonamides is 1. The van der Waals surface area contributed by atoms with Crippen LogP contribution >= 0.6 is 0 Å². The second kappa shape index (κ2) is 5.90. The number of para-hydroxylation sites is 1. The van der Waals surface area contributed by atoms with Gasteiger partial charge in [-0.3, -0.25) is 0 Å². The summed E-state index contributed by atoms with van der Waals surface area (Å²) in [6.45, 7) is 4.77. The number of nitrogens with two attached hydrogens (primary N) is 1. The second-order valence-electron chi connectivity index (χ2n) is 4.83. The third-order valence-corrected chi connectivity index (χ3v) is 4.46. The summed E-state index contributed by atoms with van der Waals surface area (Å²) < 4.78 is 23.2. The Morgan fingerprint density at radius 2 is 1.95 bits per heavy atom. The van der Waals surface area contributed by atoms with Crippen molar-refractivity contribution in [2.75, 3.05) is 24.5 Å². The summed E-state index contributed by atoms with van der Waals surface area (Å²) in [4.78, 5) is 2.32. The van der Waals surface area contributed by atoms with Gasteiger partial charge in [0.1, 0.15) is 4.90 Å². The fourth-order valence-corrected chi connectivity index (χ4v) is 3.33. The van der Waals surface area contributed by atoms with Gasteiger partial charge in [0.2, 0.25) is 10.0 Å². The Kier molecular flexibility index (Phi) is 4.44. The lowest BCUT2D eigenvalue weighted by molar-refractivity contribution is 0.423. The molecule has 0 aromatic heterocycles. The van der Waals surface area contributed by atoms with Gasteiger partial charge in [0, 0.05) is 19.1 Å². The maximum absolute atomic E-state index is 11.6. The van der Waals surface area contributed by atoms with Gasteiger partial charge in [-0.2, -0.15) is 0 Å². The van der Waals surface area contributed by atoms with E-state index in [9.17, 15) is 8.42 Å². The summed E-state index contributed by atoms with van der Waals surface area (Å²) in [6, 6.07) is 7.48. The van der Waals surface area contributed by atoms with Crippen LogP contribution < -0.4 is 15.4 Å². The number of hydrogen-bond acceptors (Lipinski definition) is 4. The molecule has 0 spiro atoms. The molecule has 1 aromatic rings. The maximum Gasteiger partial charge on any atom is 0.240 e. The summed E-state index contributed by atoms with van der Waals surface area (Å²) in [5.74, 6) is 0. The Morgan fingerprint density at radius 3 is 2.53 bits per heavy atom. The third-order valence-electron chi connectivity index (χ3n) is 3.50. The van der Waals surface area contributed by atoms with Crippen LogP contribution in [-0.4, -0.2) is 34.1 Å². The molecule has 1 fully saturated rings. The van der Waals surface area contributed by atoms with Crippen LogP contribution in [-0.2, 0) is 10.0 Å². The average molecular weight is 283 g/mol. The van der Waals surface area contributed by atoms with Crippen molar-refractivity contribution in [1.29, 1.82) is 0 Å². The van der Waals surface area contributed by atoms with E-state index in [1.807, 2.05) is 12.1 Å². The topological polar surface area (TPSA) is 75.4 Å². The average Bonchev–Trinajstić information content (AvgIpc) is 2.39. The predicted molar refractivity (Wildman–Crippen MR) is 76.7 cm³/mol.